The lowest BCUT2D eigenvalue weighted by Crippen LogP contribution is -2.18. The Morgan fingerprint density at radius 2 is 2.11 bits per heavy atom. The molecule has 1 heterocycles. The van der Waals surface area contributed by atoms with Crippen molar-refractivity contribution in [3.05, 3.63) is 23.2 Å². The third-order valence-electron chi connectivity index (χ3n) is 2.46. The van der Waals surface area contributed by atoms with Gasteiger partial charge in [-0.25, -0.2) is 0 Å². The van der Waals surface area contributed by atoms with Gasteiger partial charge in [0.1, 0.15) is 12.3 Å². The fourth-order valence-corrected chi connectivity index (χ4v) is 2.37. The minimum atomic E-state index is -4.29. The zero-order valence-electron chi connectivity index (χ0n) is 9.29. The summed E-state index contributed by atoms with van der Waals surface area (Å²) < 4.78 is 30.7. The first kappa shape index (κ1) is 13.0. The molecule has 0 amide bonds. The van der Waals surface area contributed by atoms with Gasteiger partial charge < -0.3 is 0 Å². The molecular formula is C10H9ClN2O4S. The van der Waals surface area contributed by atoms with Crippen molar-refractivity contribution in [3.8, 4) is 0 Å². The molecule has 1 aliphatic rings. The molecule has 0 unspecified atom stereocenters. The van der Waals surface area contributed by atoms with Crippen molar-refractivity contribution in [2.45, 2.75) is 11.8 Å². The van der Waals surface area contributed by atoms with E-state index in [9.17, 15) is 13.2 Å². The Morgan fingerprint density at radius 1 is 1.44 bits per heavy atom. The molecule has 0 saturated heterocycles. The summed E-state index contributed by atoms with van der Waals surface area (Å²) >= 11 is 5.91. The van der Waals surface area contributed by atoms with Crippen molar-refractivity contribution >= 4 is 38.9 Å². The van der Waals surface area contributed by atoms with Crippen LogP contribution in [0.3, 0.4) is 0 Å². The maximum atomic E-state index is 11.3. The van der Waals surface area contributed by atoms with Gasteiger partial charge in [-0.2, -0.15) is 13.5 Å². The van der Waals surface area contributed by atoms with Crippen LogP contribution < -0.4 is 5.01 Å². The van der Waals surface area contributed by atoms with E-state index in [4.69, 9.17) is 16.2 Å². The van der Waals surface area contributed by atoms with E-state index >= 15 is 0 Å². The second kappa shape index (κ2) is 4.34. The standard InChI is InChI=1S/C10H9ClN2O4S/c1-6-10(14)5-13(12-6)9-3-2-7(4-8(9)11)18(15,16)17/h2-4H,5H2,1H3,(H,15,16,17). The molecule has 96 valence electrons. The van der Waals surface area contributed by atoms with Crippen molar-refractivity contribution in [3.63, 3.8) is 0 Å². The van der Waals surface area contributed by atoms with Crippen molar-refractivity contribution < 1.29 is 17.8 Å². The summed E-state index contributed by atoms with van der Waals surface area (Å²) in [5.74, 6) is -0.120. The number of carbonyl (C=O) groups is 1. The maximum absolute atomic E-state index is 11.3. The summed E-state index contributed by atoms with van der Waals surface area (Å²) in [6.45, 7) is 1.65. The SMILES string of the molecule is CC1=NN(c2ccc(S(=O)(=O)O)cc2Cl)CC1=O. The average molecular weight is 289 g/mol. The van der Waals surface area contributed by atoms with E-state index in [1.54, 1.807) is 6.92 Å². The Bertz CT molecular complexity index is 654. The lowest BCUT2D eigenvalue weighted by Gasteiger charge is -2.14. The molecule has 1 aromatic carbocycles. The predicted octanol–water partition coefficient (Wildman–Crippen LogP) is 1.35. The molecule has 1 aromatic rings. The van der Waals surface area contributed by atoms with Crippen LogP contribution in [0.5, 0.6) is 0 Å². The summed E-state index contributed by atoms with van der Waals surface area (Å²) in [5.41, 5.74) is 0.777. The number of carbonyl (C=O) groups excluding carboxylic acids is 1. The van der Waals surface area contributed by atoms with Crippen molar-refractivity contribution in [1.29, 1.82) is 0 Å². The Hall–Kier alpha value is -1.44. The van der Waals surface area contributed by atoms with Crippen LogP contribution in [0.25, 0.3) is 0 Å². The predicted molar refractivity (Wildman–Crippen MR) is 66.7 cm³/mol. The molecule has 2 rings (SSSR count). The van der Waals surface area contributed by atoms with Crippen molar-refractivity contribution in [2.24, 2.45) is 5.10 Å². The first-order valence-electron chi connectivity index (χ1n) is 4.92. The number of rotatable bonds is 2. The number of halogens is 1. The smallest absolute Gasteiger partial charge is 0.291 e. The summed E-state index contributed by atoms with van der Waals surface area (Å²) in [6.07, 6.45) is 0. The maximum Gasteiger partial charge on any atom is 0.294 e. The normalized spacial score (nSPS) is 16.1. The highest BCUT2D eigenvalue weighted by Crippen LogP contribution is 2.30. The van der Waals surface area contributed by atoms with Gasteiger partial charge in [0.2, 0.25) is 0 Å². The monoisotopic (exact) mass is 288 g/mol. The molecule has 0 fully saturated rings. The van der Waals surface area contributed by atoms with Gasteiger partial charge in [-0.05, 0) is 25.1 Å². The van der Waals surface area contributed by atoms with Crippen LogP contribution in [0.2, 0.25) is 5.02 Å². The molecular weight excluding hydrogens is 280 g/mol. The van der Waals surface area contributed by atoms with Crippen LogP contribution in [-0.4, -0.2) is 31.0 Å². The zero-order valence-corrected chi connectivity index (χ0v) is 10.9. The van der Waals surface area contributed by atoms with Crippen LogP contribution in [0.1, 0.15) is 6.92 Å². The van der Waals surface area contributed by atoms with Crippen LogP contribution >= 0.6 is 11.6 Å². The van der Waals surface area contributed by atoms with E-state index in [1.165, 1.54) is 17.1 Å². The topological polar surface area (TPSA) is 87.0 Å². The molecule has 0 bridgehead atoms. The molecule has 8 heteroatoms. The minimum Gasteiger partial charge on any atom is -0.291 e. The third kappa shape index (κ3) is 2.38. The lowest BCUT2D eigenvalue weighted by atomic mass is 10.3. The highest BCUT2D eigenvalue weighted by Gasteiger charge is 2.23. The molecule has 0 radical (unpaired) electrons. The minimum absolute atomic E-state index is 0.0662. The molecule has 0 aliphatic carbocycles. The average Bonchev–Trinajstić information content (AvgIpc) is 2.57. The fourth-order valence-electron chi connectivity index (χ4n) is 1.52. The van der Waals surface area contributed by atoms with Crippen LogP contribution in [0.15, 0.2) is 28.2 Å². The Labute approximate surface area is 109 Å². The molecule has 0 aromatic heterocycles. The number of benzene rings is 1. The van der Waals surface area contributed by atoms with E-state index in [2.05, 4.69) is 5.10 Å². The van der Waals surface area contributed by atoms with Crippen LogP contribution in [0.4, 0.5) is 5.69 Å². The van der Waals surface area contributed by atoms with E-state index < -0.39 is 10.1 Å². The molecule has 1 aliphatic heterocycles. The first-order valence-corrected chi connectivity index (χ1v) is 6.74. The largest absolute Gasteiger partial charge is 0.294 e. The van der Waals surface area contributed by atoms with Gasteiger partial charge in [0.25, 0.3) is 10.1 Å². The molecule has 18 heavy (non-hydrogen) atoms. The fraction of sp³-hybridized carbons (Fsp3) is 0.200. The van der Waals surface area contributed by atoms with Crippen LogP contribution in [-0.2, 0) is 14.9 Å². The van der Waals surface area contributed by atoms with Gasteiger partial charge in [0, 0.05) is 0 Å². The second-order valence-corrected chi connectivity index (χ2v) is 5.58. The van der Waals surface area contributed by atoms with Gasteiger partial charge in [0.05, 0.1) is 15.6 Å². The number of anilines is 1. The number of hydrogen-bond acceptors (Lipinski definition) is 5. The summed E-state index contributed by atoms with van der Waals surface area (Å²) in [6, 6.07) is 3.70. The first-order chi connectivity index (χ1) is 8.29. The van der Waals surface area contributed by atoms with E-state index in [0.29, 0.717) is 11.4 Å². The number of ketones is 1. The van der Waals surface area contributed by atoms with Gasteiger partial charge >= 0.3 is 0 Å². The summed E-state index contributed by atoms with van der Waals surface area (Å²) in [5, 5.41) is 5.47. The zero-order chi connectivity index (χ0) is 13.5. The summed E-state index contributed by atoms with van der Waals surface area (Å²) in [7, 11) is -4.29. The Morgan fingerprint density at radius 3 is 2.56 bits per heavy atom. The van der Waals surface area contributed by atoms with Gasteiger partial charge in [-0.3, -0.25) is 14.4 Å². The van der Waals surface area contributed by atoms with Gasteiger partial charge in [-0.15, -0.1) is 0 Å². The molecule has 0 saturated carbocycles. The Balaban J connectivity index is 2.41. The third-order valence-corrected chi connectivity index (χ3v) is 3.62. The van der Waals surface area contributed by atoms with Crippen molar-refractivity contribution in [2.75, 3.05) is 11.6 Å². The quantitative estimate of drug-likeness (QED) is 0.830. The van der Waals surface area contributed by atoms with Gasteiger partial charge in [0.15, 0.2) is 5.78 Å². The lowest BCUT2D eigenvalue weighted by molar-refractivity contribution is -0.111. The molecule has 0 atom stereocenters. The van der Waals surface area contributed by atoms with Crippen molar-refractivity contribution in [1.82, 2.24) is 0 Å². The number of nitrogens with zero attached hydrogens (tertiary/aromatic N) is 2. The number of hydrazone groups is 1. The van der Waals surface area contributed by atoms with Crippen LogP contribution in [0, 0.1) is 0 Å². The van der Waals surface area contributed by atoms with E-state index in [1.807, 2.05) is 0 Å². The van der Waals surface area contributed by atoms with E-state index in [0.717, 1.165) is 6.07 Å². The molecule has 0 spiro atoms. The highest BCUT2D eigenvalue weighted by molar-refractivity contribution is 7.85. The van der Waals surface area contributed by atoms with E-state index in [-0.39, 0.29) is 22.2 Å². The highest BCUT2D eigenvalue weighted by atomic mass is 35.5. The number of hydrogen-bond donors (Lipinski definition) is 1. The summed E-state index contributed by atoms with van der Waals surface area (Å²) in [4.78, 5) is 11.0. The molecule has 1 N–H and O–H groups in total. The van der Waals surface area contributed by atoms with Gasteiger partial charge in [-0.1, -0.05) is 11.6 Å². The Kier molecular flexibility index (Phi) is 3.14. The second-order valence-electron chi connectivity index (χ2n) is 3.75. The number of Topliss-reactive ketones (excluding diaryl/α,β-unsaturated/α-hetero) is 1. The molecule has 6 nitrogen and oxygen atoms in total.